The molecule has 0 spiro atoms. The first kappa shape index (κ1) is 18.0. The number of nitrogens with one attached hydrogen (secondary N) is 1. The quantitative estimate of drug-likeness (QED) is 0.868. The van der Waals surface area contributed by atoms with Crippen LogP contribution < -0.4 is 5.32 Å². The average molecular weight is 395 g/mol. The molecule has 142 valence electrons. The number of piperidine rings is 1. The standard InChI is InChI=1S/C18H16F3N3O2S/c19-18(20,21)15-4-3-14(27-15)17(26)24-9-11-6-12(24)7-13(11)23-16(25)10-2-1-5-22-8-10/h1-5,8,11-13H,6-7,9H2,(H,23,25)/t11-,12-,13-/m0/s1. The predicted octanol–water partition coefficient (Wildman–Crippen LogP) is 3.19. The number of pyridine rings is 1. The Morgan fingerprint density at radius 2 is 2.04 bits per heavy atom. The lowest BCUT2D eigenvalue weighted by Crippen LogP contribution is -2.47. The summed E-state index contributed by atoms with van der Waals surface area (Å²) in [5, 5.41) is 2.99. The van der Waals surface area contributed by atoms with Crippen LogP contribution in [0, 0.1) is 5.92 Å². The van der Waals surface area contributed by atoms with Crippen LogP contribution in [0.15, 0.2) is 36.7 Å². The Morgan fingerprint density at radius 3 is 2.63 bits per heavy atom. The summed E-state index contributed by atoms with van der Waals surface area (Å²) in [6, 6.07) is 5.46. The minimum absolute atomic E-state index is 0.0409. The van der Waals surface area contributed by atoms with Crippen LogP contribution in [0.2, 0.25) is 0 Å². The maximum absolute atomic E-state index is 12.7. The molecule has 2 amide bonds. The van der Waals surface area contributed by atoms with E-state index in [2.05, 4.69) is 10.3 Å². The molecule has 3 heterocycles. The molecule has 0 unspecified atom stereocenters. The van der Waals surface area contributed by atoms with Gasteiger partial charge in [0.25, 0.3) is 11.8 Å². The summed E-state index contributed by atoms with van der Waals surface area (Å²) in [6.07, 6.45) is 0.00992. The predicted molar refractivity (Wildman–Crippen MR) is 92.4 cm³/mol. The SMILES string of the molecule is O=C(N[C@H]1C[C@@H]2C[C@H]1CN2C(=O)c1ccc(C(F)(F)F)s1)c1cccnc1. The molecule has 2 fully saturated rings. The number of nitrogens with zero attached hydrogens (tertiary/aromatic N) is 2. The zero-order valence-corrected chi connectivity index (χ0v) is 14.9. The van der Waals surface area contributed by atoms with E-state index in [-0.39, 0.29) is 34.7 Å². The van der Waals surface area contributed by atoms with Gasteiger partial charge in [0.15, 0.2) is 0 Å². The van der Waals surface area contributed by atoms with Gasteiger partial charge < -0.3 is 10.2 Å². The zero-order valence-electron chi connectivity index (χ0n) is 14.1. The number of thiophene rings is 1. The largest absolute Gasteiger partial charge is 0.425 e. The van der Waals surface area contributed by atoms with Crippen LogP contribution in [0.25, 0.3) is 0 Å². The summed E-state index contributed by atoms with van der Waals surface area (Å²) in [5.41, 5.74) is 0.478. The number of halogens is 3. The molecule has 1 aliphatic heterocycles. The molecule has 0 aromatic carbocycles. The maximum atomic E-state index is 12.7. The van der Waals surface area contributed by atoms with E-state index in [1.54, 1.807) is 23.2 Å². The van der Waals surface area contributed by atoms with Gasteiger partial charge in [-0.3, -0.25) is 14.6 Å². The van der Waals surface area contributed by atoms with E-state index in [1.807, 2.05) is 0 Å². The van der Waals surface area contributed by atoms with Gasteiger partial charge in [-0.25, -0.2) is 0 Å². The molecule has 27 heavy (non-hydrogen) atoms. The number of hydrogen-bond donors (Lipinski definition) is 1. The van der Waals surface area contributed by atoms with Crippen molar-refractivity contribution in [3.63, 3.8) is 0 Å². The van der Waals surface area contributed by atoms with Crippen molar-refractivity contribution in [2.24, 2.45) is 5.92 Å². The molecular formula is C18H16F3N3O2S. The van der Waals surface area contributed by atoms with Gasteiger partial charge in [-0.05, 0) is 43.0 Å². The van der Waals surface area contributed by atoms with E-state index in [9.17, 15) is 22.8 Å². The highest BCUT2D eigenvalue weighted by Gasteiger charge is 2.47. The fourth-order valence-electron chi connectivity index (χ4n) is 3.87. The van der Waals surface area contributed by atoms with E-state index in [1.165, 1.54) is 12.3 Å². The highest BCUT2D eigenvalue weighted by atomic mass is 32.1. The lowest BCUT2D eigenvalue weighted by Gasteiger charge is -2.31. The van der Waals surface area contributed by atoms with Crippen molar-refractivity contribution >= 4 is 23.2 Å². The highest BCUT2D eigenvalue weighted by Crippen LogP contribution is 2.40. The number of carbonyl (C=O) groups excluding carboxylic acids is 2. The van der Waals surface area contributed by atoms with Crippen LogP contribution in [-0.2, 0) is 6.18 Å². The molecule has 3 atom stereocenters. The lowest BCUT2D eigenvalue weighted by atomic mass is 10.0. The number of aromatic nitrogens is 1. The Bertz CT molecular complexity index is 868. The highest BCUT2D eigenvalue weighted by molar-refractivity contribution is 7.14. The molecule has 2 aliphatic rings. The third kappa shape index (κ3) is 3.43. The molecule has 2 aromatic heterocycles. The second-order valence-electron chi connectivity index (χ2n) is 6.83. The summed E-state index contributed by atoms with van der Waals surface area (Å²) < 4.78 is 38.2. The number of amides is 2. The second kappa shape index (κ2) is 6.63. The van der Waals surface area contributed by atoms with Crippen molar-refractivity contribution in [3.05, 3.63) is 52.0 Å². The van der Waals surface area contributed by atoms with Gasteiger partial charge in [0.05, 0.1) is 10.4 Å². The molecule has 0 radical (unpaired) electrons. The summed E-state index contributed by atoms with van der Waals surface area (Å²) >= 11 is 0.478. The van der Waals surface area contributed by atoms with Crippen molar-refractivity contribution in [2.75, 3.05) is 6.54 Å². The number of fused-ring (bicyclic) bond motifs is 2. The Labute approximate surface area is 157 Å². The topological polar surface area (TPSA) is 62.3 Å². The first-order valence-corrected chi connectivity index (χ1v) is 9.33. The van der Waals surface area contributed by atoms with Gasteiger partial charge in [0, 0.05) is 31.0 Å². The fourth-order valence-corrected chi connectivity index (χ4v) is 4.70. The second-order valence-corrected chi connectivity index (χ2v) is 7.91. The molecule has 1 saturated heterocycles. The molecule has 2 aromatic rings. The van der Waals surface area contributed by atoms with E-state index in [0.29, 0.717) is 29.9 Å². The molecule has 9 heteroatoms. The van der Waals surface area contributed by atoms with Gasteiger partial charge in [-0.1, -0.05) is 0 Å². The molecular weight excluding hydrogens is 379 g/mol. The third-order valence-corrected chi connectivity index (χ3v) is 6.26. The van der Waals surface area contributed by atoms with Crippen LogP contribution in [0.5, 0.6) is 0 Å². The van der Waals surface area contributed by atoms with Gasteiger partial charge in [0.2, 0.25) is 0 Å². The van der Waals surface area contributed by atoms with E-state index in [0.717, 1.165) is 12.5 Å². The minimum atomic E-state index is -4.44. The normalized spacial score (nSPS) is 24.3. The van der Waals surface area contributed by atoms with Crippen molar-refractivity contribution in [1.82, 2.24) is 15.2 Å². The molecule has 5 nitrogen and oxygen atoms in total. The van der Waals surface area contributed by atoms with Crippen LogP contribution in [0.4, 0.5) is 13.2 Å². The van der Waals surface area contributed by atoms with Crippen LogP contribution in [-0.4, -0.2) is 40.3 Å². The number of carbonyl (C=O) groups is 2. The molecule has 1 aliphatic carbocycles. The van der Waals surface area contributed by atoms with Crippen molar-refractivity contribution in [3.8, 4) is 0 Å². The zero-order chi connectivity index (χ0) is 19.2. The minimum Gasteiger partial charge on any atom is -0.349 e. The number of alkyl halides is 3. The Kier molecular flexibility index (Phi) is 4.41. The Balaban J connectivity index is 1.39. The number of hydrogen-bond acceptors (Lipinski definition) is 4. The van der Waals surface area contributed by atoms with Gasteiger partial charge >= 0.3 is 6.18 Å². The van der Waals surface area contributed by atoms with E-state index in [4.69, 9.17) is 0 Å². The summed E-state index contributed by atoms with van der Waals surface area (Å²) in [5.74, 6) is -0.451. The van der Waals surface area contributed by atoms with Gasteiger partial charge in [-0.15, -0.1) is 11.3 Å². The molecule has 1 N–H and O–H groups in total. The first-order valence-electron chi connectivity index (χ1n) is 8.52. The van der Waals surface area contributed by atoms with E-state index < -0.39 is 11.1 Å². The van der Waals surface area contributed by atoms with Crippen molar-refractivity contribution < 1.29 is 22.8 Å². The third-order valence-electron chi connectivity index (χ3n) is 5.14. The van der Waals surface area contributed by atoms with Crippen molar-refractivity contribution in [1.29, 1.82) is 0 Å². The van der Waals surface area contributed by atoms with Crippen LogP contribution in [0.3, 0.4) is 0 Å². The summed E-state index contributed by atoms with van der Waals surface area (Å²) in [4.78, 5) is 29.8. The summed E-state index contributed by atoms with van der Waals surface area (Å²) in [7, 11) is 0. The monoisotopic (exact) mass is 395 g/mol. The van der Waals surface area contributed by atoms with Gasteiger partial charge in [0.1, 0.15) is 4.88 Å². The maximum Gasteiger partial charge on any atom is 0.425 e. The number of likely N-dealkylation sites (tertiary alicyclic amines) is 1. The van der Waals surface area contributed by atoms with Crippen LogP contribution >= 0.6 is 11.3 Å². The fraction of sp³-hybridized carbons (Fsp3) is 0.389. The summed E-state index contributed by atoms with van der Waals surface area (Å²) in [6.45, 7) is 0.445. The lowest BCUT2D eigenvalue weighted by molar-refractivity contribution is -0.134. The smallest absolute Gasteiger partial charge is 0.349 e. The molecule has 2 bridgehead atoms. The Morgan fingerprint density at radius 1 is 1.22 bits per heavy atom. The van der Waals surface area contributed by atoms with Crippen LogP contribution in [0.1, 0.15) is 37.7 Å². The first-order chi connectivity index (χ1) is 12.8. The average Bonchev–Trinajstić information content (AvgIpc) is 3.36. The van der Waals surface area contributed by atoms with Crippen molar-refractivity contribution in [2.45, 2.75) is 31.1 Å². The molecule has 1 saturated carbocycles. The number of rotatable bonds is 3. The van der Waals surface area contributed by atoms with E-state index >= 15 is 0 Å². The molecule has 4 rings (SSSR count). The van der Waals surface area contributed by atoms with Gasteiger partial charge in [-0.2, -0.15) is 13.2 Å². The Hall–Kier alpha value is -2.42.